The molecule has 0 bridgehead atoms. The molecular weight excluding hydrogens is 344 g/mol. The minimum Gasteiger partial charge on any atom is -0.340 e. The zero-order valence-electron chi connectivity index (χ0n) is 15.3. The third-order valence-corrected chi connectivity index (χ3v) is 4.66. The van der Waals surface area contributed by atoms with Crippen LogP contribution in [0.25, 0.3) is 0 Å². The maximum atomic E-state index is 6.22. The Balaban J connectivity index is 1.87. The smallest absolute Gasteiger partial charge is 0.227 e. The number of nitrogens with zero attached hydrogens (tertiary/aromatic N) is 3. The normalized spacial score (nSPS) is 10.6. The van der Waals surface area contributed by atoms with Crippen LogP contribution in [-0.4, -0.2) is 16.5 Å². The Bertz CT molecular complexity index is 880. The Kier molecular flexibility index (Phi) is 5.74. The Labute approximate surface area is 159 Å². The van der Waals surface area contributed by atoms with Crippen LogP contribution in [0.1, 0.15) is 23.7 Å². The van der Waals surface area contributed by atoms with Crippen LogP contribution in [0.4, 0.5) is 17.5 Å². The number of hydrogen-bond donors (Lipinski definition) is 1. The highest BCUT2D eigenvalue weighted by Gasteiger charge is 2.12. The quantitative estimate of drug-likeness (QED) is 0.623. The summed E-state index contributed by atoms with van der Waals surface area (Å²) in [5, 5.41) is 4.11. The molecule has 0 unspecified atom stereocenters. The molecule has 0 fully saturated rings. The molecule has 0 spiro atoms. The molecule has 0 saturated carbocycles. The van der Waals surface area contributed by atoms with Crippen molar-refractivity contribution in [3.63, 3.8) is 0 Å². The molecule has 2 aromatic carbocycles. The topological polar surface area (TPSA) is 41.1 Å². The van der Waals surface area contributed by atoms with E-state index in [2.05, 4.69) is 46.4 Å². The van der Waals surface area contributed by atoms with E-state index in [9.17, 15) is 0 Å². The second-order valence-electron chi connectivity index (χ2n) is 6.23. The summed E-state index contributed by atoms with van der Waals surface area (Å²) < 4.78 is 0. The van der Waals surface area contributed by atoms with Crippen LogP contribution < -0.4 is 10.2 Å². The molecule has 3 rings (SSSR count). The van der Waals surface area contributed by atoms with Crippen LogP contribution in [0.5, 0.6) is 0 Å². The number of rotatable bonds is 6. The van der Waals surface area contributed by atoms with Crippen molar-refractivity contribution in [2.45, 2.75) is 27.3 Å². The molecule has 26 heavy (non-hydrogen) atoms. The van der Waals surface area contributed by atoms with Gasteiger partial charge in [0.05, 0.1) is 0 Å². The number of anilines is 3. The Morgan fingerprint density at radius 2 is 1.77 bits per heavy atom. The molecule has 0 aliphatic rings. The van der Waals surface area contributed by atoms with E-state index < -0.39 is 0 Å². The molecule has 0 radical (unpaired) electrons. The SMILES string of the molecule is CCN(Cc1ccccc1)c1nc(C)cc(Nc2cccc(Cl)c2C)n1. The van der Waals surface area contributed by atoms with Crippen LogP contribution in [0.2, 0.25) is 5.02 Å². The van der Waals surface area contributed by atoms with E-state index in [1.54, 1.807) is 0 Å². The predicted molar refractivity (Wildman–Crippen MR) is 109 cm³/mol. The van der Waals surface area contributed by atoms with Crippen molar-refractivity contribution in [2.24, 2.45) is 0 Å². The van der Waals surface area contributed by atoms with Crippen molar-refractivity contribution in [1.82, 2.24) is 9.97 Å². The minimum atomic E-state index is 0.721. The molecule has 0 atom stereocenters. The third-order valence-electron chi connectivity index (χ3n) is 4.25. The fourth-order valence-corrected chi connectivity index (χ4v) is 2.94. The first kappa shape index (κ1) is 18.2. The summed E-state index contributed by atoms with van der Waals surface area (Å²) in [6.45, 7) is 7.69. The second-order valence-corrected chi connectivity index (χ2v) is 6.64. The zero-order valence-corrected chi connectivity index (χ0v) is 16.1. The summed E-state index contributed by atoms with van der Waals surface area (Å²) in [6, 6.07) is 18.1. The van der Waals surface area contributed by atoms with Gasteiger partial charge in [0.1, 0.15) is 5.82 Å². The highest BCUT2D eigenvalue weighted by Crippen LogP contribution is 2.26. The monoisotopic (exact) mass is 366 g/mol. The van der Waals surface area contributed by atoms with E-state index in [0.29, 0.717) is 0 Å². The van der Waals surface area contributed by atoms with Crippen LogP contribution in [0, 0.1) is 13.8 Å². The molecule has 0 aliphatic carbocycles. The zero-order chi connectivity index (χ0) is 18.5. The number of benzene rings is 2. The van der Waals surface area contributed by atoms with E-state index in [-0.39, 0.29) is 0 Å². The van der Waals surface area contributed by atoms with Crippen molar-refractivity contribution < 1.29 is 0 Å². The molecule has 1 aromatic heterocycles. The fourth-order valence-electron chi connectivity index (χ4n) is 2.77. The van der Waals surface area contributed by atoms with E-state index >= 15 is 0 Å². The molecule has 3 aromatic rings. The van der Waals surface area contributed by atoms with Gasteiger partial charge in [-0.05, 0) is 44.0 Å². The first-order valence-corrected chi connectivity index (χ1v) is 9.11. The second kappa shape index (κ2) is 8.19. The van der Waals surface area contributed by atoms with Crippen LogP contribution in [0.3, 0.4) is 0 Å². The molecule has 4 nitrogen and oxygen atoms in total. The van der Waals surface area contributed by atoms with Crippen LogP contribution in [-0.2, 0) is 6.54 Å². The summed E-state index contributed by atoms with van der Waals surface area (Å²) in [5.74, 6) is 1.49. The van der Waals surface area contributed by atoms with E-state index in [0.717, 1.165) is 46.8 Å². The average Bonchev–Trinajstić information content (AvgIpc) is 2.64. The van der Waals surface area contributed by atoms with Crippen LogP contribution >= 0.6 is 11.6 Å². The van der Waals surface area contributed by atoms with Gasteiger partial charge in [-0.15, -0.1) is 0 Å². The van der Waals surface area contributed by atoms with E-state index in [1.165, 1.54) is 5.56 Å². The van der Waals surface area contributed by atoms with Gasteiger partial charge in [-0.3, -0.25) is 0 Å². The average molecular weight is 367 g/mol. The Morgan fingerprint density at radius 1 is 1.00 bits per heavy atom. The maximum absolute atomic E-state index is 6.22. The summed E-state index contributed by atoms with van der Waals surface area (Å²) in [6.07, 6.45) is 0. The van der Waals surface area contributed by atoms with E-state index in [1.807, 2.05) is 44.2 Å². The van der Waals surface area contributed by atoms with Gasteiger partial charge in [-0.2, -0.15) is 4.98 Å². The van der Waals surface area contributed by atoms with Gasteiger partial charge in [0.2, 0.25) is 5.95 Å². The van der Waals surface area contributed by atoms with Gasteiger partial charge < -0.3 is 10.2 Å². The van der Waals surface area contributed by atoms with Gasteiger partial charge in [0, 0.05) is 35.6 Å². The predicted octanol–water partition coefficient (Wildman–Crippen LogP) is 5.52. The van der Waals surface area contributed by atoms with Crippen LogP contribution in [0.15, 0.2) is 54.6 Å². The molecular formula is C21H23ClN4. The molecule has 0 saturated heterocycles. The summed E-state index contributed by atoms with van der Waals surface area (Å²) >= 11 is 6.22. The highest BCUT2D eigenvalue weighted by molar-refractivity contribution is 6.31. The molecule has 0 amide bonds. The molecule has 5 heteroatoms. The number of halogens is 1. The van der Waals surface area contributed by atoms with Crippen molar-refractivity contribution in [2.75, 3.05) is 16.8 Å². The molecule has 134 valence electrons. The van der Waals surface area contributed by atoms with Gasteiger partial charge >= 0.3 is 0 Å². The summed E-state index contributed by atoms with van der Waals surface area (Å²) in [5.41, 5.74) is 4.11. The fraction of sp³-hybridized carbons (Fsp3) is 0.238. The maximum Gasteiger partial charge on any atom is 0.227 e. The number of hydrogen-bond acceptors (Lipinski definition) is 4. The number of aromatic nitrogens is 2. The largest absolute Gasteiger partial charge is 0.340 e. The lowest BCUT2D eigenvalue weighted by Gasteiger charge is -2.22. The lowest BCUT2D eigenvalue weighted by atomic mass is 10.2. The Morgan fingerprint density at radius 3 is 2.50 bits per heavy atom. The Hall–Kier alpha value is -2.59. The highest BCUT2D eigenvalue weighted by atomic mass is 35.5. The minimum absolute atomic E-state index is 0.721. The standard InChI is InChI=1S/C21H23ClN4/c1-4-26(14-17-9-6-5-7-10-17)21-23-15(2)13-20(25-21)24-19-12-8-11-18(22)16(19)3/h5-13H,4,14H2,1-3H3,(H,23,24,25). The first-order valence-electron chi connectivity index (χ1n) is 8.73. The van der Waals surface area contributed by atoms with Gasteiger partial charge in [0.25, 0.3) is 0 Å². The third kappa shape index (κ3) is 4.33. The van der Waals surface area contributed by atoms with Crippen molar-refractivity contribution >= 4 is 29.1 Å². The van der Waals surface area contributed by atoms with Crippen molar-refractivity contribution in [3.8, 4) is 0 Å². The lowest BCUT2D eigenvalue weighted by Crippen LogP contribution is -2.24. The van der Waals surface area contributed by atoms with Gasteiger partial charge in [-0.1, -0.05) is 48.0 Å². The molecule has 0 aliphatic heterocycles. The van der Waals surface area contributed by atoms with Crippen molar-refractivity contribution in [1.29, 1.82) is 0 Å². The van der Waals surface area contributed by atoms with Crippen molar-refractivity contribution in [3.05, 3.63) is 76.4 Å². The van der Waals surface area contributed by atoms with Gasteiger partial charge in [0.15, 0.2) is 0 Å². The number of nitrogens with one attached hydrogen (secondary N) is 1. The summed E-state index contributed by atoms with van der Waals surface area (Å²) in [4.78, 5) is 11.5. The first-order chi connectivity index (χ1) is 12.6. The molecule has 1 heterocycles. The van der Waals surface area contributed by atoms with Gasteiger partial charge in [-0.25, -0.2) is 4.98 Å². The lowest BCUT2D eigenvalue weighted by molar-refractivity contribution is 0.788. The molecule has 1 N–H and O–H groups in total. The van der Waals surface area contributed by atoms with E-state index in [4.69, 9.17) is 16.6 Å². The summed E-state index contributed by atoms with van der Waals surface area (Å²) in [7, 11) is 0. The number of aryl methyl sites for hydroxylation is 1.